The molecule has 0 aliphatic carbocycles. The number of rotatable bonds is 9. The molecule has 7 heteroatoms. The van der Waals surface area contributed by atoms with E-state index in [4.69, 9.17) is 4.74 Å². The Balaban J connectivity index is 1.70. The summed E-state index contributed by atoms with van der Waals surface area (Å²) in [5.74, 6) is -0.0558. The van der Waals surface area contributed by atoms with Crippen molar-refractivity contribution in [2.75, 3.05) is 19.7 Å². The summed E-state index contributed by atoms with van der Waals surface area (Å²) in [6.07, 6.45) is 2.52. The topological polar surface area (TPSA) is 99.7 Å². The smallest absolute Gasteiger partial charge is 0.315 e. The molecule has 0 spiro atoms. The molecule has 2 rings (SSSR count). The van der Waals surface area contributed by atoms with Gasteiger partial charge in [0.1, 0.15) is 6.10 Å². The van der Waals surface area contributed by atoms with Crippen LogP contribution in [-0.2, 0) is 16.0 Å². The lowest BCUT2D eigenvalue weighted by molar-refractivity contribution is -0.130. The summed E-state index contributed by atoms with van der Waals surface area (Å²) in [6, 6.07) is 9.50. The summed E-state index contributed by atoms with van der Waals surface area (Å²) in [7, 11) is 0. The normalized spacial score (nSPS) is 22.1. The van der Waals surface area contributed by atoms with E-state index in [1.54, 1.807) is 0 Å². The largest absolute Gasteiger partial charge is 0.394 e. The highest BCUT2D eigenvalue weighted by Crippen LogP contribution is 2.21. The van der Waals surface area contributed by atoms with Crippen LogP contribution in [0.4, 0.5) is 4.79 Å². The molecule has 150 valence electrons. The zero-order chi connectivity index (χ0) is 19.5. The molecule has 27 heavy (non-hydrogen) atoms. The van der Waals surface area contributed by atoms with Crippen molar-refractivity contribution in [3.05, 3.63) is 35.9 Å². The Morgan fingerprint density at radius 3 is 2.63 bits per heavy atom. The van der Waals surface area contributed by atoms with Crippen molar-refractivity contribution in [2.45, 2.75) is 57.3 Å². The third kappa shape index (κ3) is 7.56. The maximum Gasteiger partial charge on any atom is 0.315 e. The molecule has 1 saturated heterocycles. The van der Waals surface area contributed by atoms with E-state index in [1.165, 1.54) is 5.56 Å². The summed E-state index contributed by atoms with van der Waals surface area (Å²) in [5, 5.41) is 18.1. The van der Waals surface area contributed by atoms with E-state index in [-0.39, 0.29) is 37.1 Å². The maximum atomic E-state index is 12.1. The second-order valence-corrected chi connectivity index (χ2v) is 6.85. The molecule has 4 N–H and O–H groups in total. The molecule has 1 fully saturated rings. The maximum absolute atomic E-state index is 12.1. The molecular weight excluding hydrogens is 346 g/mol. The third-order valence-electron chi connectivity index (χ3n) is 4.64. The Bertz CT molecular complexity index is 582. The van der Waals surface area contributed by atoms with Crippen LogP contribution < -0.4 is 16.0 Å². The molecule has 1 heterocycles. The number of carbonyl (C=O) groups is 2. The zero-order valence-corrected chi connectivity index (χ0v) is 15.9. The van der Waals surface area contributed by atoms with Crippen LogP contribution in [0.25, 0.3) is 0 Å². The fourth-order valence-corrected chi connectivity index (χ4v) is 3.17. The van der Waals surface area contributed by atoms with Gasteiger partial charge in [0, 0.05) is 13.1 Å². The second kappa shape index (κ2) is 11.6. The number of amides is 3. The highest BCUT2D eigenvalue weighted by molar-refractivity contribution is 5.76. The fourth-order valence-electron chi connectivity index (χ4n) is 3.17. The molecule has 0 aromatic heterocycles. The fraction of sp³-hybridized carbons (Fsp3) is 0.600. The van der Waals surface area contributed by atoms with Crippen LogP contribution in [0.2, 0.25) is 0 Å². The highest BCUT2D eigenvalue weighted by atomic mass is 16.5. The number of benzene rings is 1. The second-order valence-electron chi connectivity index (χ2n) is 6.85. The molecule has 1 aromatic carbocycles. The van der Waals surface area contributed by atoms with Gasteiger partial charge in [-0.15, -0.1) is 0 Å². The van der Waals surface area contributed by atoms with Crippen LogP contribution in [0.15, 0.2) is 30.3 Å². The molecule has 0 bridgehead atoms. The van der Waals surface area contributed by atoms with E-state index in [9.17, 15) is 14.7 Å². The first-order chi connectivity index (χ1) is 13.1. The Labute approximate surface area is 160 Å². The average molecular weight is 377 g/mol. The van der Waals surface area contributed by atoms with E-state index in [0.29, 0.717) is 25.9 Å². The molecule has 0 radical (unpaired) electrons. The number of hydrogen-bond acceptors (Lipinski definition) is 4. The van der Waals surface area contributed by atoms with E-state index in [2.05, 4.69) is 16.0 Å². The van der Waals surface area contributed by atoms with Gasteiger partial charge in [0.15, 0.2) is 0 Å². The standard InChI is InChI=1S/C20H31N3O4/c1-2-11-22-20(26)23-17-9-8-16(27-18(17)14-24)13-19(25)21-12-10-15-6-4-3-5-7-15/h3-7,16-18,24H,2,8-14H2,1H3,(H,21,25)(H2,22,23,26)/t16-,17+,18+/m0/s1. The van der Waals surface area contributed by atoms with Crippen molar-refractivity contribution in [1.82, 2.24) is 16.0 Å². The number of nitrogens with one attached hydrogen (secondary N) is 3. The quantitative estimate of drug-likeness (QED) is 0.522. The zero-order valence-electron chi connectivity index (χ0n) is 15.9. The van der Waals surface area contributed by atoms with Crippen LogP contribution >= 0.6 is 0 Å². The summed E-state index contributed by atoms with van der Waals surface area (Å²) in [4.78, 5) is 23.9. The summed E-state index contributed by atoms with van der Waals surface area (Å²) in [6.45, 7) is 2.98. The number of carbonyl (C=O) groups excluding carboxylic acids is 2. The molecule has 1 aromatic rings. The molecule has 3 atom stereocenters. The van der Waals surface area contributed by atoms with Gasteiger partial charge in [-0.05, 0) is 31.2 Å². The summed E-state index contributed by atoms with van der Waals surface area (Å²) < 4.78 is 5.84. The van der Waals surface area contributed by atoms with E-state index >= 15 is 0 Å². The molecule has 1 aliphatic rings. The third-order valence-corrected chi connectivity index (χ3v) is 4.64. The van der Waals surface area contributed by atoms with Crippen LogP contribution in [0.1, 0.15) is 38.2 Å². The summed E-state index contributed by atoms with van der Waals surface area (Å²) >= 11 is 0. The van der Waals surface area contributed by atoms with E-state index in [1.807, 2.05) is 37.3 Å². The lowest BCUT2D eigenvalue weighted by Crippen LogP contribution is -2.53. The van der Waals surface area contributed by atoms with Gasteiger partial charge in [-0.2, -0.15) is 0 Å². The first kappa shape index (κ1) is 21.2. The molecule has 0 saturated carbocycles. The Hall–Kier alpha value is -2.12. The van der Waals surface area contributed by atoms with Gasteiger partial charge in [-0.25, -0.2) is 4.79 Å². The number of ether oxygens (including phenoxy) is 1. The minimum Gasteiger partial charge on any atom is -0.394 e. The van der Waals surface area contributed by atoms with Gasteiger partial charge < -0.3 is 25.8 Å². The monoisotopic (exact) mass is 377 g/mol. The van der Waals surface area contributed by atoms with E-state index in [0.717, 1.165) is 12.8 Å². The van der Waals surface area contributed by atoms with Gasteiger partial charge >= 0.3 is 6.03 Å². The molecule has 3 amide bonds. The molecule has 7 nitrogen and oxygen atoms in total. The first-order valence-electron chi connectivity index (χ1n) is 9.73. The minimum atomic E-state index is -0.492. The van der Waals surface area contributed by atoms with Crippen molar-refractivity contribution in [3.8, 4) is 0 Å². The minimum absolute atomic E-state index is 0.0558. The Morgan fingerprint density at radius 1 is 1.15 bits per heavy atom. The lowest BCUT2D eigenvalue weighted by atomic mass is 9.97. The van der Waals surface area contributed by atoms with Gasteiger partial charge in [0.2, 0.25) is 5.91 Å². The Kier molecular flexibility index (Phi) is 9.07. The van der Waals surface area contributed by atoms with Gasteiger partial charge in [0.25, 0.3) is 0 Å². The lowest BCUT2D eigenvalue weighted by Gasteiger charge is -2.35. The molecular formula is C20H31N3O4. The summed E-state index contributed by atoms with van der Waals surface area (Å²) in [5.41, 5.74) is 1.18. The van der Waals surface area contributed by atoms with Crippen LogP contribution in [0.3, 0.4) is 0 Å². The number of hydrogen-bond donors (Lipinski definition) is 4. The number of urea groups is 1. The average Bonchev–Trinajstić information content (AvgIpc) is 2.68. The van der Waals surface area contributed by atoms with Crippen LogP contribution in [0.5, 0.6) is 0 Å². The van der Waals surface area contributed by atoms with Crippen molar-refractivity contribution in [3.63, 3.8) is 0 Å². The predicted octanol–water partition coefficient (Wildman–Crippen LogP) is 1.35. The first-order valence-corrected chi connectivity index (χ1v) is 9.73. The van der Waals surface area contributed by atoms with Crippen molar-refractivity contribution in [2.24, 2.45) is 0 Å². The van der Waals surface area contributed by atoms with Crippen LogP contribution in [0, 0.1) is 0 Å². The number of aliphatic hydroxyl groups excluding tert-OH is 1. The molecule has 0 unspecified atom stereocenters. The predicted molar refractivity (Wildman–Crippen MR) is 103 cm³/mol. The van der Waals surface area contributed by atoms with Gasteiger partial charge in [-0.1, -0.05) is 37.3 Å². The van der Waals surface area contributed by atoms with Gasteiger partial charge in [0.05, 0.1) is 25.2 Å². The Morgan fingerprint density at radius 2 is 1.93 bits per heavy atom. The highest BCUT2D eigenvalue weighted by Gasteiger charge is 2.32. The SMILES string of the molecule is CCCNC(=O)N[C@@H]1CC[C@@H](CC(=O)NCCc2ccccc2)O[C@@H]1CO. The van der Waals surface area contributed by atoms with Crippen molar-refractivity contribution >= 4 is 11.9 Å². The number of aliphatic hydroxyl groups is 1. The van der Waals surface area contributed by atoms with Gasteiger partial charge in [-0.3, -0.25) is 4.79 Å². The van der Waals surface area contributed by atoms with Crippen LogP contribution in [-0.4, -0.2) is 55.0 Å². The van der Waals surface area contributed by atoms with Crippen molar-refractivity contribution < 1.29 is 19.4 Å². The van der Waals surface area contributed by atoms with E-state index < -0.39 is 6.10 Å². The molecule has 1 aliphatic heterocycles. The van der Waals surface area contributed by atoms with Crippen molar-refractivity contribution in [1.29, 1.82) is 0 Å².